The summed E-state index contributed by atoms with van der Waals surface area (Å²) in [5, 5.41) is 1.26. The van der Waals surface area contributed by atoms with Crippen LogP contribution in [0, 0.1) is 0 Å². The Kier molecular flexibility index (Phi) is 2.23. The Morgan fingerprint density at radius 3 is 2.93 bits per heavy atom. The van der Waals surface area contributed by atoms with E-state index in [-0.39, 0.29) is 0 Å². The van der Waals surface area contributed by atoms with Crippen LogP contribution in [0.3, 0.4) is 0 Å². The molecule has 2 aromatic rings. The van der Waals surface area contributed by atoms with Crippen molar-refractivity contribution in [2.45, 2.75) is 6.92 Å². The van der Waals surface area contributed by atoms with Crippen molar-refractivity contribution >= 4 is 17.0 Å². The van der Waals surface area contributed by atoms with Gasteiger partial charge in [0.15, 0.2) is 0 Å². The van der Waals surface area contributed by atoms with E-state index in [1.54, 1.807) is 0 Å². The molecule has 70 valence electrons. The summed E-state index contributed by atoms with van der Waals surface area (Å²) in [6.45, 7) is 5.79. The molecule has 0 fully saturated rings. The zero-order chi connectivity index (χ0) is 9.97. The molecule has 0 saturated carbocycles. The maximum Gasteiger partial charge on any atom is 0.0460 e. The van der Waals surface area contributed by atoms with Gasteiger partial charge in [-0.2, -0.15) is 0 Å². The number of rotatable bonds is 2. The second kappa shape index (κ2) is 3.54. The van der Waals surface area contributed by atoms with Crippen LogP contribution in [0.15, 0.2) is 48.7 Å². The van der Waals surface area contributed by atoms with E-state index in [0.717, 1.165) is 0 Å². The van der Waals surface area contributed by atoms with Gasteiger partial charge in [-0.25, -0.2) is 0 Å². The molecule has 0 bridgehead atoms. The smallest absolute Gasteiger partial charge is 0.0460 e. The van der Waals surface area contributed by atoms with E-state index < -0.39 is 0 Å². The van der Waals surface area contributed by atoms with Gasteiger partial charge in [0.05, 0.1) is 0 Å². The van der Waals surface area contributed by atoms with E-state index >= 15 is 0 Å². The molecule has 1 heteroatoms. The number of fused-ring (bicyclic) bond motifs is 1. The Bertz CT molecular complexity index is 489. The third kappa shape index (κ3) is 1.49. The summed E-state index contributed by atoms with van der Waals surface area (Å²) < 4.78 is 0. The molecule has 1 N–H and O–H groups in total. The lowest BCUT2D eigenvalue weighted by Gasteiger charge is -1.92. The second-order valence-corrected chi connectivity index (χ2v) is 3.38. The molecule has 0 unspecified atom stereocenters. The van der Waals surface area contributed by atoms with Gasteiger partial charge < -0.3 is 4.98 Å². The molecular weight excluding hydrogens is 170 g/mol. The van der Waals surface area contributed by atoms with Crippen molar-refractivity contribution in [1.82, 2.24) is 4.98 Å². The highest BCUT2D eigenvalue weighted by Gasteiger charge is 1.98. The van der Waals surface area contributed by atoms with Crippen LogP contribution in [0.1, 0.15) is 12.5 Å². The number of hydrogen-bond donors (Lipinski definition) is 1. The molecule has 1 aromatic heterocycles. The van der Waals surface area contributed by atoms with Crippen molar-refractivity contribution in [2.24, 2.45) is 0 Å². The van der Waals surface area contributed by atoms with Crippen molar-refractivity contribution < 1.29 is 0 Å². The molecule has 1 aromatic carbocycles. The summed E-state index contributed by atoms with van der Waals surface area (Å²) >= 11 is 0. The highest BCUT2D eigenvalue weighted by Crippen LogP contribution is 2.20. The highest BCUT2D eigenvalue weighted by molar-refractivity contribution is 5.89. The molecule has 0 radical (unpaired) electrons. The first kappa shape index (κ1) is 8.82. The van der Waals surface area contributed by atoms with Crippen LogP contribution in [0.2, 0.25) is 0 Å². The van der Waals surface area contributed by atoms with E-state index in [4.69, 9.17) is 0 Å². The topological polar surface area (TPSA) is 15.8 Å². The van der Waals surface area contributed by atoms with Crippen LogP contribution in [-0.4, -0.2) is 4.98 Å². The van der Waals surface area contributed by atoms with Gasteiger partial charge in [0, 0.05) is 22.7 Å². The van der Waals surface area contributed by atoms with Crippen LogP contribution >= 0.6 is 0 Å². The first-order valence-corrected chi connectivity index (χ1v) is 4.68. The van der Waals surface area contributed by atoms with E-state index in [0.29, 0.717) is 0 Å². The number of hydrogen-bond acceptors (Lipinski definition) is 0. The van der Waals surface area contributed by atoms with Gasteiger partial charge in [-0.15, -0.1) is 0 Å². The fourth-order valence-corrected chi connectivity index (χ4v) is 1.52. The highest BCUT2D eigenvalue weighted by atomic mass is 14.7. The SMILES string of the molecule is C=C/C(C)=C\c1c[nH]c2ccccc12. The third-order valence-corrected chi connectivity index (χ3v) is 2.33. The Morgan fingerprint density at radius 1 is 1.36 bits per heavy atom. The molecule has 1 nitrogen and oxygen atoms in total. The number of para-hydroxylation sites is 1. The van der Waals surface area contributed by atoms with E-state index in [1.807, 2.05) is 18.3 Å². The van der Waals surface area contributed by atoms with Gasteiger partial charge in [-0.3, -0.25) is 0 Å². The van der Waals surface area contributed by atoms with E-state index in [9.17, 15) is 0 Å². The molecule has 0 aliphatic heterocycles. The lowest BCUT2D eigenvalue weighted by Crippen LogP contribution is -1.70. The first-order valence-electron chi connectivity index (χ1n) is 4.68. The fourth-order valence-electron chi connectivity index (χ4n) is 1.52. The number of nitrogens with one attached hydrogen (secondary N) is 1. The van der Waals surface area contributed by atoms with Gasteiger partial charge in [0.1, 0.15) is 0 Å². The van der Waals surface area contributed by atoms with Crippen LogP contribution in [0.4, 0.5) is 0 Å². The summed E-state index contributed by atoms with van der Waals surface area (Å²) in [7, 11) is 0. The van der Waals surface area contributed by atoms with Crippen molar-refractivity contribution in [3.05, 3.63) is 54.3 Å². The van der Waals surface area contributed by atoms with Crippen molar-refractivity contribution in [3.63, 3.8) is 0 Å². The predicted octanol–water partition coefficient (Wildman–Crippen LogP) is 3.76. The van der Waals surface area contributed by atoms with Gasteiger partial charge in [0.25, 0.3) is 0 Å². The Morgan fingerprint density at radius 2 is 2.14 bits per heavy atom. The average Bonchev–Trinajstić information content (AvgIpc) is 2.62. The molecule has 0 spiro atoms. The average molecular weight is 183 g/mol. The molecule has 0 saturated heterocycles. The van der Waals surface area contributed by atoms with Crippen LogP contribution in [-0.2, 0) is 0 Å². The number of H-pyrrole nitrogens is 1. The van der Waals surface area contributed by atoms with Gasteiger partial charge in [0.2, 0.25) is 0 Å². The monoisotopic (exact) mass is 183 g/mol. The van der Waals surface area contributed by atoms with Crippen molar-refractivity contribution in [1.29, 1.82) is 0 Å². The number of benzene rings is 1. The minimum atomic E-state index is 1.18. The number of allylic oxidation sites excluding steroid dienone is 2. The Balaban J connectivity index is 2.59. The van der Waals surface area contributed by atoms with Gasteiger partial charge in [-0.1, -0.05) is 36.4 Å². The largest absolute Gasteiger partial charge is 0.361 e. The standard InChI is InChI=1S/C13H13N/c1-3-10(2)8-11-9-14-13-7-5-4-6-12(11)13/h3-9,14H,1H2,2H3/b10-8-. The molecule has 14 heavy (non-hydrogen) atoms. The summed E-state index contributed by atoms with van der Waals surface area (Å²) in [6.07, 6.45) is 6.02. The number of aromatic nitrogens is 1. The van der Waals surface area contributed by atoms with Gasteiger partial charge in [-0.05, 0) is 19.1 Å². The zero-order valence-corrected chi connectivity index (χ0v) is 8.25. The molecule has 0 amide bonds. The predicted molar refractivity (Wildman–Crippen MR) is 62.1 cm³/mol. The minimum absolute atomic E-state index is 1.18. The molecule has 0 atom stereocenters. The number of aromatic amines is 1. The van der Waals surface area contributed by atoms with Crippen molar-refractivity contribution in [2.75, 3.05) is 0 Å². The van der Waals surface area contributed by atoms with Crippen LogP contribution < -0.4 is 0 Å². The van der Waals surface area contributed by atoms with Gasteiger partial charge >= 0.3 is 0 Å². The minimum Gasteiger partial charge on any atom is -0.361 e. The quantitative estimate of drug-likeness (QED) is 0.682. The zero-order valence-electron chi connectivity index (χ0n) is 8.25. The van der Waals surface area contributed by atoms with E-state index in [2.05, 4.69) is 42.8 Å². The summed E-state index contributed by atoms with van der Waals surface area (Å²) in [5.74, 6) is 0. The molecule has 1 heterocycles. The van der Waals surface area contributed by atoms with Crippen LogP contribution in [0.25, 0.3) is 17.0 Å². The fraction of sp³-hybridized carbons (Fsp3) is 0.0769. The second-order valence-electron chi connectivity index (χ2n) is 3.38. The summed E-state index contributed by atoms with van der Waals surface area (Å²) in [6, 6.07) is 8.29. The molecule has 2 rings (SSSR count). The van der Waals surface area contributed by atoms with Crippen molar-refractivity contribution in [3.8, 4) is 0 Å². The maximum atomic E-state index is 3.74. The lowest BCUT2D eigenvalue weighted by molar-refractivity contribution is 1.46. The van der Waals surface area contributed by atoms with E-state index in [1.165, 1.54) is 22.0 Å². The first-order chi connectivity index (χ1) is 6.81. The molecular formula is C13H13N. The molecule has 0 aliphatic rings. The van der Waals surface area contributed by atoms with Crippen LogP contribution in [0.5, 0.6) is 0 Å². The summed E-state index contributed by atoms with van der Waals surface area (Å²) in [4.78, 5) is 3.24. The lowest BCUT2D eigenvalue weighted by atomic mass is 10.1. The maximum absolute atomic E-state index is 3.74. The normalized spacial score (nSPS) is 11.9. The third-order valence-electron chi connectivity index (χ3n) is 2.33. The Labute approximate surface area is 83.8 Å². The Hall–Kier alpha value is -1.76. The summed E-state index contributed by atoms with van der Waals surface area (Å²) in [5.41, 5.74) is 3.57. The molecule has 0 aliphatic carbocycles.